The van der Waals surface area contributed by atoms with E-state index in [1.165, 1.54) is 6.21 Å². The predicted octanol–water partition coefficient (Wildman–Crippen LogP) is 1.99. The predicted molar refractivity (Wildman–Crippen MR) is 50.2 cm³/mol. The Bertz CT molecular complexity index is 412. The molecule has 0 saturated carbocycles. The fraction of sp³-hybridized carbons (Fsp3) is 0. The summed E-state index contributed by atoms with van der Waals surface area (Å²) in [5.74, 6) is 0. The van der Waals surface area contributed by atoms with Crippen molar-refractivity contribution in [1.29, 1.82) is 0 Å². The normalized spacial score (nSPS) is 11.1. The van der Waals surface area contributed by atoms with Crippen LogP contribution in [0.1, 0.15) is 5.56 Å². The van der Waals surface area contributed by atoms with Crippen molar-refractivity contribution in [3.8, 4) is 11.3 Å². The molecular formula is C10H8N2O. The van der Waals surface area contributed by atoms with Crippen LogP contribution in [-0.2, 0) is 0 Å². The first-order valence-corrected chi connectivity index (χ1v) is 3.92. The Labute approximate surface area is 75.7 Å². The van der Waals surface area contributed by atoms with E-state index < -0.39 is 0 Å². The Balaban J connectivity index is 2.57. The number of hydrogen-bond donors (Lipinski definition) is 1. The van der Waals surface area contributed by atoms with Crippen molar-refractivity contribution in [3.63, 3.8) is 0 Å². The molecule has 0 unspecified atom stereocenters. The van der Waals surface area contributed by atoms with Gasteiger partial charge in [-0.3, -0.25) is 4.98 Å². The van der Waals surface area contributed by atoms with Crippen molar-refractivity contribution >= 4 is 6.21 Å². The summed E-state index contributed by atoms with van der Waals surface area (Å²) < 4.78 is 0. The largest absolute Gasteiger partial charge is 0.411 e. The Morgan fingerprint density at radius 2 is 2.23 bits per heavy atom. The molecule has 0 bridgehead atoms. The lowest BCUT2D eigenvalue weighted by Crippen LogP contribution is -1.75. The van der Waals surface area contributed by atoms with Gasteiger partial charge in [0.25, 0.3) is 0 Å². The van der Waals surface area contributed by atoms with E-state index in [9.17, 15) is 0 Å². The Morgan fingerprint density at radius 3 is 3.08 bits per heavy atom. The van der Waals surface area contributed by atoms with Gasteiger partial charge in [0.1, 0.15) is 0 Å². The average Bonchev–Trinajstić information content (AvgIpc) is 2.46. The molecule has 0 aromatic heterocycles. The van der Waals surface area contributed by atoms with Crippen molar-refractivity contribution in [2.45, 2.75) is 0 Å². The van der Waals surface area contributed by atoms with Gasteiger partial charge < -0.3 is 5.21 Å². The second kappa shape index (κ2) is 3.23. The zero-order chi connectivity index (χ0) is 9.10. The molecule has 0 radical (unpaired) electrons. The van der Waals surface area contributed by atoms with E-state index in [-0.39, 0.29) is 0 Å². The van der Waals surface area contributed by atoms with Gasteiger partial charge >= 0.3 is 0 Å². The van der Waals surface area contributed by atoms with Gasteiger partial charge in [-0.2, -0.15) is 0 Å². The van der Waals surface area contributed by atoms with E-state index in [2.05, 4.69) is 10.1 Å². The third-order valence-electron chi connectivity index (χ3n) is 1.84. The van der Waals surface area contributed by atoms with Crippen molar-refractivity contribution in [1.82, 2.24) is 4.98 Å². The highest BCUT2D eigenvalue weighted by molar-refractivity contribution is 5.81. The maximum absolute atomic E-state index is 8.38. The number of fused-ring (bicyclic) bond motifs is 1. The van der Waals surface area contributed by atoms with Gasteiger partial charge in [0.15, 0.2) is 0 Å². The standard InChI is InChI=1S/C10H8N2O/c13-12-7-8-2-1-3-10-9(6-8)4-5-11-10/h1-7,13H. The van der Waals surface area contributed by atoms with Gasteiger partial charge in [0.05, 0.1) is 11.9 Å². The molecule has 2 rings (SSSR count). The molecule has 1 N–H and O–H groups in total. The van der Waals surface area contributed by atoms with Crippen LogP contribution in [0.2, 0.25) is 0 Å². The second-order valence-corrected chi connectivity index (χ2v) is 2.70. The zero-order valence-electron chi connectivity index (χ0n) is 6.88. The summed E-state index contributed by atoms with van der Waals surface area (Å²) in [7, 11) is 0. The molecule has 2 aliphatic rings. The summed E-state index contributed by atoms with van der Waals surface area (Å²) >= 11 is 0. The summed E-state index contributed by atoms with van der Waals surface area (Å²) in [6, 6.07) is 9.50. The summed E-state index contributed by atoms with van der Waals surface area (Å²) in [5.41, 5.74) is 2.84. The highest BCUT2D eigenvalue weighted by atomic mass is 16.4. The Hall–Kier alpha value is -1.90. The number of rotatable bonds is 1. The first-order chi connectivity index (χ1) is 6.40. The van der Waals surface area contributed by atoms with Crippen molar-refractivity contribution < 1.29 is 5.21 Å². The number of oxime groups is 1. The third-order valence-corrected chi connectivity index (χ3v) is 1.84. The van der Waals surface area contributed by atoms with E-state index in [0.717, 1.165) is 16.8 Å². The summed E-state index contributed by atoms with van der Waals surface area (Å²) in [4.78, 5) is 4.15. The SMILES string of the molecule is ON=Cc1cccc2nccc-2c1. The second-order valence-electron chi connectivity index (χ2n) is 2.70. The van der Waals surface area contributed by atoms with E-state index in [4.69, 9.17) is 5.21 Å². The van der Waals surface area contributed by atoms with Crippen LogP contribution >= 0.6 is 0 Å². The molecule has 64 valence electrons. The molecule has 0 aromatic rings. The van der Waals surface area contributed by atoms with Crippen LogP contribution in [0.3, 0.4) is 0 Å². The first kappa shape index (κ1) is 7.73. The van der Waals surface area contributed by atoms with Crippen LogP contribution in [-0.4, -0.2) is 16.4 Å². The minimum atomic E-state index is 0.852. The van der Waals surface area contributed by atoms with E-state index in [1.807, 2.05) is 30.3 Å². The van der Waals surface area contributed by atoms with Crippen LogP contribution in [0.15, 0.2) is 41.7 Å². The third kappa shape index (κ3) is 1.49. The van der Waals surface area contributed by atoms with E-state index in [0.29, 0.717) is 0 Å². The van der Waals surface area contributed by atoms with Gasteiger partial charge in [-0.05, 0) is 23.8 Å². The van der Waals surface area contributed by atoms with E-state index in [1.54, 1.807) is 6.20 Å². The van der Waals surface area contributed by atoms with Crippen LogP contribution < -0.4 is 0 Å². The zero-order valence-corrected chi connectivity index (χ0v) is 6.88. The van der Waals surface area contributed by atoms with Gasteiger partial charge in [-0.1, -0.05) is 17.3 Å². The molecule has 0 amide bonds. The molecule has 0 spiro atoms. The minimum Gasteiger partial charge on any atom is -0.411 e. The number of hydrogen-bond acceptors (Lipinski definition) is 3. The lowest BCUT2D eigenvalue weighted by atomic mass is 10.2. The summed E-state index contributed by atoms with van der Waals surface area (Å²) in [6.45, 7) is 0. The fourth-order valence-electron chi connectivity index (χ4n) is 1.24. The summed E-state index contributed by atoms with van der Waals surface area (Å²) in [5, 5.41) is 11.4. The van der Waals surface area contributed by atoms with E-state index >= 15 is 0 Å². The average molecular weight is 172 g/mol. The summed E-state index contributed by atoms with van der Waals surface area (Å²) in [6.07, 6.45) is 3.15. The highest BCUT2D eigenvalue weighted by Crippen LogP contribution is 2.18. The molecule has 0 aromatic carbocycles. The van der Waals surface area contributed by atoms with Gasteiger partial charge in [0, 0.05) is 11.8 Å². The monoisotopic (exact) mass is 172 g/mol. The van der Waals surface area contributed by atoms with Crippen molar-refractivity contribution in [2.75, 3.05) is 0 Å². The highest BCUT2D eigenvalue weighted by Gasteiger charge is 2.00. The molecule has 1 aliphatic heterocycles. The molecule has 3 heteroatoms. The van der Waals surface area contributed by atoms with Gasteiger partial charge in [-0.15, -0.1) is 0 Å². The lowest BCUT2D eigenvalue weighted by Gasteiger charge is -1.87. The van der Waals surface area contributed by atoms with Crippen LogP contribution in [0.25, 0.3) is 11.3 Å². The number of nitrogens with zero attached hydrogens (tertiary/aromatic N) is 2. The molecule has 0 atom stereocenters. The molecule has 1 aliphatic carbocycles. The molecule has 13 heavy (non-hydrogen) atoms. The molecular weight excluding hydrogens is 164 g/mol. The molecule has 3 nitrogen and oxygen atoms in total. The van der Waals surface area contributed by atoms with Gasteiger partial charge in [0.2, 0.25) is 0 Å². The minimum absolute atomic E-state index is 0.852. The Morgan fingerprint density at radius 1 is 1.31 bits per heavy atom. The maximum atomic E-state index is 8.38. The van der Waals surface area contributed by atoms with Gasteiger partial charge in [-0.25, -0.2) is 0 Å². The fourth-order valence-corrected chi connectivity index (χ4v) is 1.24. The van der Waals surface area contributed by atoms with Crippen LogP contribution in [0.4, 0.5) is 0 Å². The molecule has 1 heterocycles. The number of aromatic nitrogens is 1. The molecule has 0 fully saturated rings. The van der Waals surface area contributed by atoms with Crippen molar-refractivity contribution in [3.05, 3.63) is 42.1 Å². The smallest absolute Gasteiger partial charge is 0.0734 e. The topological polar surface area (TPSA) is 45.5 Å². The first-order valence-electron chi connectivity index (χ1n) is 3.92. The van der Waals surface area contributed by atoms with Crippen LogP contribution in [0.5, 0.6) is 0 Å². The Kier molecular flexibility index (Phi) is 1.92. The van der Waals surface area contributed by atoms with Crippen molar-refractivity contribution in [2.24, 2.45) is 5.16 Å². The maximum Gasteiger partial charge on any atom is 0.0734 e. The molecule has 0 saturated heterocycles. The van der Waals surface area contributed by atoms with Crippen LogP contribution in [0, 0.1) is 0 Å². The lowest BCUT2D eigenvalue weighted by molar-refractivity contribution is 0.322. The quantitative estimate of drug-likeness (QED) is 0.406.